The number of carbonyl (C=O) groups excluding carboxylic acids is 1. The monoisotopic (exact) mass is 264 g/mol. The third kappa shape index (κ3) is 2.97. The Labute approximate surface area is 114 Å². The van der Waals surface area contributed by atoms with Crippen LogP contribution in [0.25, 0.3) is 0 Å². The molecule has 2 rings (SSSR count). The van der Waals surface area contributed by atoms with Gasteiger partial charge < -0.3 is 10.2 Å². The fourth-order valence-corrected chi connectivity index (χ4v) is 2.69. The molecule has 1 saturated heterocycles. The van der Waals surface area contributed by atoms with E-state index in [1.807, 2.05) is 18.7 Å². The molecule has 5 nitrogen and oxygen atoms in total. The number of amides is 1. The van der Waals surface area contributed by atoms with E-state index in [1.54, 1.807) is 0 Å². The molecule has 1 fully saturated rings. The minimum Gasteiger partial charge on any atom is -0.335 e. The molecule has 0 saturated carbocycles. The van der Waals surface area contributed by atoms with Gasteiger partial charge in [-0.3, -0.25) is 9.89 Å². The molecule has 1 atom stereocenters. The van der Waals surface area contributed by atoms with Crippen LogP contribution in [-0.2, 0) is 0 Å². The Hall–Kier alpha value is -1.36. The van der Waals surface area contributed by atoms with Crippen molar-refractivity contribution in [3.63, 3.8) is 0 Å². The normalized spacial score (nSPS) is 19.1. The smallest absolute Gasteiger partial charge is 0.257 e. The van der Waals surface area contributed by atoms with Crippen molar-refractivity contribution in [2.45, 2.75) is 52.6 Å². The van der Waals surface area contributed by atoms with Gasteiger partial charge in [-0.2, -0.15) is 5.10 Å². The summed E-state index contributed by atoms with van der Waals surface area (Å²) in [6.07, 6.45) is 2.36. The van der Waals surface area contributed by atoms with Gasteiger partial charge in [0.25, 0.3) is 5.91 Å². The average Bonchev–Trinajstić information content (AvgIpc) is 2.96. The van der Waals surface area contributed by atoms with E-state index in [2.05, 4.69) is 29.4 Å². The molecule has 1 aromatic rings. The Morgan fingerprint density at radius 3 is 2.68 bits per heavy atom. The van der Waals surface area contributed by atoms with Gasteiger partial charge in [0.2, 0.25) is 0 Å². The number of nitrogens with one attached hydrogen (secondary N) is 2. The molecular formula is C14H24N4O. The molecule has 1 aliphatic heterocycles. The molecule has 2 heterocycles. The Bertz CT molecular complexity index is 427. The lowest BCUT2D eigenvalue weighted by Gasteiger charge is -2.29. The van der Waals surface area contributed by atoms with Crippen molar-refractivity contribution in [3.8, 4) is 0 Å². The zero-order valence-electron chi connectivity index (χ0n) is 12.3. The number of nitrogens with zero attached hydrogens (tertiary/aromatic N) is 2. The van der Waals surface area contributed by atoms with E-state index in [0.717, 1.165) is 36.5 Å². The molecule has 0 aliphatic carbocycles. The molecule has 0 bridgehead atoms. The first kappa shape index (κ1) is 14.1. The lowest BCUT2D eigenvalue weighted by molar-refractivity contribution is 0.0687. The maximum Gasteiger partial charge on any atom is 0.257 e. The first-order valence-electron chi connectivity index (χ1n) is 7.06. The largest absolute Gasteiger partial charge is 0.335 e. The van der Waals surface area contributed by atoms with Crippen molar-refractivity contribution in [1.82, 2.24) is 20.4 Å². The van der Waals surface area contributed by atoms with Gasteiger partial charge in [0.1, 0.15) is 0 Å². The number of hydrogen-bond donors (Lipinski definition) is 2. The van der Waals surface area contributed by atoms with Crippen LogP contribution < -0.4 is 5.32 Å². The summed E-state index contributed by atoms with van der Waals surface area (Å²) in [6.45, 7) is 9.76. The first-order chi connectivity index (χ1) is 9.00. The van der Waals surface area contributed by atoms with Crippen molar-refractivity contribution in [1.29, 1.82) is 0 Å². The predicted molar refractivity (Wildman–Crippen MR) is 75.3 cm³/mol. The summed E-state index contributed by atoms with van der Waals surface area (Å²) < 4.78 is 0. The zero-order valence-corrected chi connectivity index (χ0v) is 12.3. The number of rotatable bonds is 4. The van der Waals surface area contributed by atoms with E-state index in [-0.39, 0.29) is 11.9 Å². The van der Waals surface area contributed by atoms with Gasteiger partial charge in [-0.25, -0.2) is 0 Å². The summed E-state index contributed by atoms with van der Waals surface area (Å²) in [5.74, 6) is 0.0902. The second-order valence-corrected chi connectivity index (χ2v) is 5.65. The quantitative estimate of drug-likeness (QED) is 0.869. The summed E-state index contributed by atoms with van der Waals surface area (Å²) >= 11 is 0. The average molecular weight is 264 g/mol. The van der Waals surface area contributed by atoms with E-state index in [0.29, 0.717) is 6.04 Å². The van der Waals surface area contributed by atoms with Crippen LogP contribution in [0.5, 0.6) is 0 Å². The van der Waals surface area contributed by atoms with Crippen molar-refractivity contribution < 1.29 is 4.79 Å². The van der Waals surface area contributed by atoms with Gasteiger partial charge in [0, 0.05) is 24.3 Å². The summed E-state index contributed by atoms with van der Waals surface area (Å²) in [6, 6.07) is 0.627. The molecule has 19 heavy (non-hydrogen) atoms. The van der Waals surface area contributed by atoms with E-state index in [1.165, 1.54) is 6.42 Å². The third-order valence-electron chi connectivity index (χ3n) is 3.81. The third-order valence-corrected chi connectivity index (χ3v) is 3.81. The topological polar surface area (TPSA) is 61.0 Å². The molecule has 106 valence electrons. The second-order valence-electron chi connectivity index (χ2n) is 5.65. The maximum atomic E-state index is 12.7. The molecule has 1 amide bonds. The molecule has 0 aromatic carbocycles. The first-order valence-corrected chi connectivity index (χ1v) is 7.06. The molecule has 0 radical (unpaired) electrons. The fraction of sp³-hybridized carbons (Fsp3) is 0.714. The predicted octanol–water partition coefficient (Wildman–Crippen LogP) is 1.63. The van der Waals surface area contributed by atoms with E-state index in [9.17, 15) is 4.79 Å². The number of H-pyrrole nitrogens is 1. The molecular weight excluding hydrogens is 240 g/mol. The lowest BCUT2D eigenvalue weighted by Crippen LogP contribution is -2.45. The number of carbonyl (C=O) groups is 1. The van der Waals surface area contributed by atoms with Crippen LogP contribution >= 0.6 is 0 Å². The van der Waals surface area contributed by atoms with E-state index in [4.69, 9.17) is 0 Å². The number of aromatic nitrogens is 2. The minimum absolute atomic E-state index is 0.0902. The van der Waals surface area contributed by atoms with Crippen LogP contribution in [-0.4, -0.2) is 46.2 Å². The zero-order chi connectivity index (χ0) is 14.0. The van der Waals surface area contributed by atoms with Gasteiger partial charge >= 0.3 is 0 Å². The minimum atomic E-state index is 0.0902. The standard InChI is InChI=1S/C14H24N4O/c1-9(2)18(8-12-6-5-7-15-12)14(19)13-10(3)16-17-11(13)4/h9,12,15H,5-8H2,1-4H3,(H,16,17). The molecule has 1 aromatic heterocycles. The summed E-state index contributed by atoms with van der Waals surface area (Å²) in [7, 11) is 0. The van der Waals surface area contributed by atoms with Gasteiger partial charge in [-0.15, -0.1) is 0 Å². The van der Waals surface area contributed by atoms with E-state index >= 15 is 0 Å². The van der Waals surface area contributed by atoms with Crippen molar-refractivity contribution in [2.75, 3.05) is 13.1 Å². The summed E-state index contributed by atoms with van der Waals surface area (Å²) in [4.78, 5) is 14.7. The van der Waals surface area contributed by atoms with Gasteiger partial charge in [0.15, 0.2) is 0 Å². The van der Waals surface area contributed by atoms with Crippen LogP contribution in [0.4, 0.5) is 0 Å². The number of hydrogen-bond acceptors (Lipinski definition) is 3. The Kier molecular flexibility index (Phi) is 4.24. The highest BCUT2D eigenvalue weighted by molar-refractivity contribution is 5.96. The number of aryl methyl sites for hydroxylation is 2. The van der Waals surface area contributed by atoms with Gasteiger partial charge in [-0.05, 0) is 47.1 Å². The Morgan fingerprint density at radius 1 is 1.47 bits per heavy atom. The highest BCUT2D eigenvalue weighted by Gasteiger charge is 2.27. The van der Waals surface area contributed by atoms with Crippen LogP contribution in [0.3, 0.4) is 0 Å². The second kappa shape index (κ2) is 5.74. The highest BCUT2D eigenvalue weighted by Crippen LogP contribution is 2.17. The summed E-state index contributed by atoms with van der Waals surface area (Å²) in [5.41, 5.74) is 2.37. The van der Waals surface area contributed by atoms with Gasteiger partial charge in [-0.1, -0.05) is 0 Å². The Balaban J connectivity index is 2.16. The molecule has 2 N–H and O–H groups in total. The SMILES string of the molecule is Cc1n[nH]c(C)c1C(=O)N(CC1CCCN1)C(C)C. The van der Waals surface area contributed by atoms with Crippen molar-refractivity contribution in [3.05, 3.63) is 17.0 Å². The molecule has 1 unspecified atom stereocenters. The number of aromatic amines is 1. The highest BCUT2D eigenvalue weighted by atomic mass is 16.2. The van der Waals surface area contributed by atoms with E-state index < -0.39 is 0 Å². The molecule has 5 heteroatoms. The lowest BCUT2D eigenvalue weighted by atomic mass is 10.1. The Morgan fingerprint density at radius 2 is 2.21 bits per heavy atom. The fourth-order valence-electron chi connectivity index (χ4n) is 2.69. The van der Waals surface area contributed by atoms with Crippen LogP contribution in [0.2, 0.25) is 0 Å². The molecule has 1 aliphatic rings. The van der Waals surface area contributed by atoms with Gasteiger partial charge in [0.05, 0.1) is 11.3 Å². The van der Waals surface area contributed by atoms with Crippen molar-refractivity contribution in [2.24, 2.45) is 0 Å². The van der Waals surface area contributed by atoms with Crippen LogP contribution in [0, 0.1) is 13.8 Å². The van der Waals surface area contributed by atoms with Crippen LogP contribution in [0.1, 0.15) is 48.4 Å². The summed E-state index contributed by atoms with van der Waals surface area (Å²) in [5, 5.41) is 10.5. The van der Waals surface area contributed by atoms with Crippen molar-refractivity contribution >= 4 is 5.91 Å². The molecule has 0 spiro atoms. The maximum absolute atomic E-state index is 12.7. The van der Waals surface area contributed by atoms with Crippen LogP contribution in [0.15, 0.2) is 0 Å².